The Labute approximate surface area is 293 Å². The molecule has 0 fully saturated rings. The lowest BCUT2D eigenvalue weighted by atomic mass is 10.1. The van der Waals surface area contributed by atoms with Crippen LogP contribution in [-0.4, -0.2) is 62.0 Å². The van der Waals surface area contributed by atoms with E-state index in [1.54, 1.807) is 36.9 Å². The number of aromatic nitrogens is 8. The Hall–Kier alpha value is -5.54. The van der Waals surface area contributed by atoms with Crippen molar-refractivity contribution in [1.29, 1.82) is 0 Å². The van der Waals surface area contributed by atoms with Gasteiger partial charge in [-0.1, -0.05) is 78.1 Å². The van der Waals surface area contributed by atoms with Gasteiger partial charge in [0.1, 0.15) is 0 Å². The highest BCUT2D eigenvalue weighted by Gasteiger charge is 2.05. The van der Waals surface area contributed by atoms with Crippen molar-refractivity contribution in [3.63, 3.8) is 0 Å². The fourth-order valence-corrected chi connectivity index (χ4v) is 4.18. The van der Waals surface area contributed by atoms with Crippen LogP contribution in [0.3, 0.4) is 0 Å². The maximum Gasteiger partial charge on any atom is 0.303 e. The van der Waals surface area contributed by atoms with E-state index in [4.69, 9.17) is 33.1 Å². The molecule has 0 amide bonds. The lowest BCUT2D eigenvalue weighted by Crippen LogP contribution is -2.04. The van der Waals surface area contributed by atoms with E-state index in [-0.39, 0.29) is 23.8 Å². The summed E-state index contributed by atoms with van der Waals surface area (Å²) in [6, 6.07) is 7.21. The van der Waals surface area contributed by atoms with E-state index in [1.165, 1.54) is 51.4 Å². The van der Waals surface area contributed by atoms with Crippen LogP contribution in [0.15, 0.2) is 49.1 Å². The third-order valence-corrected chi connectivity index (χ3v) is 6.67. The quantitative estimate of drug-likeness (QED) is 0.0752. The van der Waals surface area contributed by atoms with Crippen molar-refractivity contribution in [1.82, 2.24) is 39.9 Å². The van der Waals surface area contributed by atoms with Crippen molar-refractivity contribution >= 4 is 35.7 Å². The van der Waals surface area contributed by atoms with Gasteiger partial charge >= 0.3 is 11.9 Å². The number of pyridine rings is 2. The molecule has 0 atom stereocenters. The molecule has 0 saturated carbocycles. The molecule has 0 aromatic carbocycles. The summed E-state index contributed by atoms with van der Waals surface area (Å²) in [5.74, 6) is -0.0346. The fraction of sp³-hybridized carbons (Fsp3) is 0.471. The Morgan fingerprint density at radius 1 is 0.520 bits per heavy atom. The van der Waals surface area contributed by atoms with Crippen molar-refractivity contribution in [2.24, 2.45) is 0 Å². The van der Waals surface area contributed by atoms with E-state index in [0.717, 1.165) is 36.8 Å². The van der Waals surface area contributed by atoms with Crippen LogP contribution in [0.2, 0.25) is 0 Å². The van der Waals surface area contributed by atoms with Crippen molar-refractivity contribution in [2.75, 3.05) is 22.9 Å². The number of carbonyl (C=O) groups is 2. The lowest BCUT2D eigenvalue weighted by molar-refractivity contribution is -0.138. The standard InChI is InChI=1S/2C9H18O2.2C8H8N6/c2*1-2-3-4-5-6-7-8-9(10)11;2*9-7-12-6(13-8(10)14-7)5-2-1-3-11-4-5/h2*2-8H2,1H3,(H,10,11);2*1-4H,(H4,9,10,12,13,14). The molecular weight excluding hydrogens is 640 g/mol. The highest BCUT2D eigenvalue weighted by Crippen LogP contribution is 2.15. The topological polar surface area (TPSA) is 282 Å². The second-order valence-corrected chi connectivity index (χ2v) is 11.1. The number of hydrogen-bond donors (Lipinski definition) is 6. The zero-order chi connectivity index (χ0) is 37.0. The summed E-state index contributed by atoms with van der Waals surface area (Å²) >= 11 is 0. The highest BCUT2D eigenvalue weighted by molar-refractivity contribution is 5.66. The number of carboxylic acids is 2. The number of anilines is 4. The maximum absolute atomic E-state index is 10.1. The molecule has 0 spiro atoms. The number of rotatable bonds is 16. The summed E-state index contributed by atoms with van der Waals surface area (Å²) in [5, 5.41) is 16.6. The Morgan fingerprint density at radius 2 is 0.840 bits per heavy atom. The van der Waals surface area contributed by atoms with Crippen LogP contribution >= 0.6 is 0 Å². The van der Waals surface area contributed by atoms with Gasteiger partial charge in [-0.15, -0.1) is 0 Å². The van der Waals surface area contributed by atoms with E-state index in [2.05, 4.69) is 53.7 Å². The van der Waals surface area contributed by atoms with E-state index < -0.39 is 11.9 Å². The van der Waals surface area contributed by atoms with Gasteiger partial charge in [-0.05, 0) is 37.1 Å². The summed E-state index contributed by atoms with van der Waals surface area (Å²) in [6.45, 7) is 4.36. The van der Waals surface area contributed by atoms with Gasteiger partial charge in [-0.2, -0.15) is 29.9 Å². The predicted molar refractivity (Wildman–Crippen MR) is 195 cm³/mol. The molecule has 0 aliphatic carbocycles. The maximum atomic E-state index is 10.1. The van der Waals surface area contributed by atoms with Gasteiger partial charge in [0.05, 0.1) is 0 Å². The number of carboxylic acid groups (broad SMARTS) is 2. The number of nitrogens with two attached hydrogens (primary N) is 4. The van der Waals surface area contributed by atoms with E-state index in [9.17, 15) is 9.59 Å². The zero-order valence-corrected chi connectivity index (χ0v) is 29.1. The first-order chi connectivity index (χ1) is 24.0. The minimum Gasteiger partial charge on any atom is -0.481 e. The second-order valence-electron chi connectivity index (χ2n) is 11.1. The molecule has 4 aromatic rings. The van der Waals surface area contributed by atoms with Crippen molar-refractivity contribution in [2.45, 2.75) is 104 Å². The average Bonchev–Trinajstić information content (AvgIpc) is 3.08. The molecule has 0 bridgehead atoms. The molecule has 0 radical (unpaired) electrons. The van der Waals surface area contributed by atoms with Crippen LogP contribution in [0.25, 0.3) is 22.8 Å². The molecule has 4 aromatic heterocycles. The summed E-state index contributed by atoms with van der Waals surface area (Å²) in [4.78, 5) is 51.2. The molecule has 16 heteroatoms. The normalized spacial score (nSPS) is 9.96. The minimum atomic E-state index is -0.666. The van der Waals surface area contributed by atoms with Crippen LogP contribution in [0.1, 0.15) is 104 Å². The van der Waals surface area contributed by atoms with Crippen molar-refractivity contribution < 1.29 is 19.8 Å². The first kappa shape index (κ1) is 42.5. The van der Waals surface area contributed by atoms with Gasteiger partial charge in [0, 0.05) is 48.8 Å². The summed E-state index contributed by atoms with van der Waals surface area (Å²) in [6.07, 6.45) is 21.1. The third-order valence-electron chi connectivity index (χ3n) is 6.67. The second kappa shape index (κ2) is 26.4. The molecule has 4 rings (SSSR count). The molecule has 0 aliphatic rings. The zero-order valence-electron chi connectivity index (χ0n) is 29.1. The van der Waals surface area contributed by atoms with Gasteiger partial charge in [0.25, 0.3) is 0 Å². The molecule has 272 valence electrons. The Kier molecular flexibility index (Phi) is 22.4. The molecular formula is C34H52N12O4. The van der Waals surface area contributed by atoms with Gasteiger partial charge in [-0.25, -0.2) is 0 Å². The SMILES string of the molecule is CCCCCCCCC(=O)O.CCCCCCCCC(=O)O.Nc1nc(N)nc(-c2cccnc2)n1.Nc1nc(N)nc(-c2cccnc2)n1. The number of unbranched alkanes of at least 4 members (excludes halogenated alkanes) is 10. The van der Waals surface area contributed by atoms with Gasteiger partial charge in [0.15, 0.2) is 11.6 Å². The van der Waals surface area contributed by atoms with Crippen molar-refractivity contribution in [3.8, 4) is 22.8 Å². The minimum absolute atomic E-state index is 0.108. The molecule has 50 heavy (non-hydrogen) atoms. The predicted octanol–water partition coefficient (Wildman–Crippen LogP) is 5.84. The molecule has 0 saturated heterocycles. The Bertz CT molecular complexity index is 1350. The van der Waals surface area contributed by atoms with Crippen LogP contribution < -0.4 is 22.9 Å². The fourth-order valence-electron chi connectivity index (χ4n) is 4.18. The monoisotopic (exact) mass is 692 g/mol. The number of nitrogen functional groups attached to an aromatic ring is 4. The largest absolute Gasteiger partial charge is 0.481 e. The molecule has 16 nitrogen and oxygen atoms in total. The van der Waals surface area contributed by atoms with Crippen LogP contribution in [-0.2, 0) is 9.59 Å². The lowest BCUT2D eigenvalue weighted by Gasteiger charge is -2.00. The van der Waals surface area contributed by atoms with Crippen LogP contribution in [0, 0.1) is 0 Å². The molecule has 4 heterocycles. The first-order valence-electron chi connectivity index (χ1n) is 16.8. The van der Waals surface area contributed by atoms with Gasteiger partial charge < -0.3 is 33.1 Å². The smallest absolute Gasteiger partial charge is 0.303 e. The first-order valence-corrected chi connectivity index (χ1v) is 16.8. The molecule has 0 unspecified atom stereocenters. The molecule has 0 aliphatic heterocycles. The van der Waals surface area contributed by atoms with Crippen LogP contribution in [0.4, 0.5) is 23.8 Å². The Balaban J connectivity index is 0.000000337. The van der Waals surface area contributed by atoms with Crippen LogP contribution in [0.5, 0.6) is 0 Å². The highest BCUT2D eigenvalue weighted by atomic mass is 16.4. The summed E-state index contributed by atoms with van der Waals surface area (Å²) in [5.41, 5.74) is 23.3. The number of aliphatic carboxylic acids is 2. The van der Waals surface area contributed by atoms with Crippen molar-refractivity contribution in [3.05, 3.63) is 49.1 Å². The van der Waals surface area contributed by atoms with E-state index in [0.29, 0.717) is 24.5 Å². The summed E-state index contributed by atoms with van der Waals surface area (Å²) < 4.78 is 0. The van der Waals surface area contributed by atoms with E-state index in [1.807, 2.05) is 12.1 Å². The average molecular weight is 693 g/mol. The van der Waals surface area contributed by atoms with Gasteiger partial charge in [-0.3, -0.25) is 19.6 Å². The third kappa shape index (κ3) is 21.4. The molecule has 10 N–H and O–H groups in total. The van der Waals surface area contributed by atoms with Gasteiger partial charge in [0.2, 0.25) is 23.8 Å². The summed E-state index contributed by atoms with van der Waals surface area (Å²) in [7, 11) is 0. The Morgan fingerprint density at radius 3 is 1.12 bits per heavy atom. The van der Waals surface area contributed by atoms with E-state index >= 15 is 0 Å². The number of nitrogens with zero attached hydrogens (tertiary/aromatic N) is 8. The number of hydrogen-bond acceptors (Lipinski definition) is 14.